The van der Waals surface area contributed by atoms with Crippen LogP contribution in [0.4, 0.5) is 13.2 Å². The molecule has 0 aliphatic rings. The highest BCUT2D eigenvalue weighted by atomic mass is 19.4. The van der Waals surface area contributed by atoms with Crippen molar-refractivity contribution in [2.75, 3.05) is 14.2 Å². The van der Waals surface area contributed by atoms with E-state index in [9.17, 15) is 13.2 Å². The van der Waals surface area contributed by atoms with E-state index in [0.717, 1.165) is 12.3 Å². The Kier molecular flexibility index (Phi) is 4.30. The van der Waals surface area contributed by atoms with Gasteiger partial charge in [-0.15, -0.1) is 0 Å². The topological polar surface area (TPSA) is 70.3 Å². The summed E-state index contributed by atoms with van der Waals surface area (Å²) in [6.45, 7) is 0. The summed E-state index contributed by atoms with van der Waals surface area (Å²) in [6, 6.07) is 7.12. The number of ether oxygens (including phenoxy) is 2. The molecule has 0 N–H and O–H groups in total. The molecule has 0 aliphatic carbocycles. The summed E-state index contributed by atoms with van der Waals surface area (Å²) >= 11 is 0. The van der Waals surface area contributed by atoms with Crippen LogP contribution in [0.1, 0.15) is 5.56 Å². The predicted molar refractivity (Wildman–Crippen MR) is 81.1 cm³/mol. The normalized spacial score (nSPS) is 11.4. The first kappa shape index (κ1) is 16.7. The zero-order chi connectivity index (χ0) is 18.0. The molecule has 0 fully saturated rings. The number of hydrogen-bond acceptors (Lipinski definition) is 6. The molecule has 0 bridgehead atoms. The van der Waals surface area contributed by atoms with Crippen LogP contribution in [0.2, 0.25) is 0 Å². The Labute approximate surface area is 140 Å². The highest BCUT2D eigenvalue weighted by molar-refractivity contribution is 5.61. The molecule has 6 nitrogen and oxygen atoms in total. The average Bonchev–Trinajstić information content (AvgIpc) is 3.10. The van der Waals surface area contributed by atoms with Gasteiger partial charge in [-0.3, -0.25) is 4.98 Å². The Morgan fingerprint density at radius 2 is 1.76 bits per heavy atom. The van der Waals surface area contributed by atoms with Crippen molar-refractivity contribution in [1.82, 2.24) is 15.1 Å². The van der Waals surface area contributed by atoms with Gasteiger partial charge in [-0.25, -0.2) is 0 Å². The van der Waals surface area contributed by atoms with Crippen LogP contribution in [0.5, 0.6) is 11.5 Å². The van der Waals surface area contributed by atoms with E-state index in [4.69, 9.17) is 14.0 Å². The zero-order valence-corrected chi connectivity index (χ0v) is 13.2. The molecule has 3 aromatic rings. The summed E-state index contributed by atoms with van der Waals surface area (Å²) < 4.78 is 53.2. The molecule has 0 saturated heterocycles. The van der Waals surface area contributed by atoms with Crippen LogP contribution in [0.3, 0.4) is 0 Å². The van der Waals surface area contributed by atoms with Gasteiger partial charge in [-0.05, 0) is 30.3 Å². The third kappa shape index (κ3) is 3.39. The summed E-state index contributed by atoms with van der Waals surface area (Å²) in [4.78, 5) is 7.89. The van der Waals surface area contributed by atoms with Crippen LogP contribution in [-0.4, -0.2) is 29.3 Å². The van der Waals surface area contributed by atoms with Gasteiger partial charge < -0.3 is 14.0 Å². The van der Waals surface area contributed by atoms with Crippen LogP contribution < -0.4 is 9.47 Å². The summed E-state index contributed by atoms with van der Waals surface area (Å²) in [5, 5.41) is 3.75. The van der Waals surface area contributed by atoms with Crippen molar-refractivity contribution < 1.29 is 27.2 Å². The second-order valence-electron chi connectivity index (χ2n) is 4.92. The second kappa shape index (κ2) is 6.42. The van der Waals surface area contributed by atoms with E-state index in [1.165, 1.54) is 20.3 Å². The molecule has 0 saturated carbocycles. The maximum Gasteiger partial charge on any atom is 0.417 e. The molecule has 25 heavy (non-hydrogen) atoms. The molecular weight excluding hydrogens is 339 g/mol. The van der Waals surface area contributed by atoms with Crippen molar-refractivity contribution >= 4 is 0 Å². The van der Waals surface area contributed by atoms with E-state index >= 15 is 0 Å². The molecule has 0 amide bonds. The summed E-state index contributed by atoms with van der Waals surface area (Å²) in [6.07, 6.45) is -3.73. The molecule has 0 unspecified atom stereocenters. The monoisotopic (exact) mass is 351 g/mol. The Morgan fingerprint density at radius 1 is 1.00 bits per heavy atom. The van der Waals surface area contributed by atoms with E-state index in [1.54, 1.807) is 18.2 Å². The van der Waals surface area contributed by atoms with Crippen molar-refractivity contribution in [3.05, 3.63) is 42.1 Å². The first-order valence-electron chi connectivity index (χ1n) is 7.02. The highest BCUT2D eigenvalue weighted by Crippen LogP contribution is 2.33. The largest absolute Gasteiger partial charge is 0.493 e. The molecule has 0 aliphatic heterocycles. The minimum atomic E-state index is -4.45. The van der Waals surface area contributed by atoms with Crippen molar-refractivity contribution in [1.29, 1.82) is 0 Å². The third-order valence-electron chi connectivity index (χ3n) is 3.38. The molecule has 0 radical (unpaired) electrons. The van der Waals surface area contributed by atoms with Gasteiger partial charge in [0.05, 0.1) is 19.8 Å². The number of benzene rings is 1. The van der Waals surface area contributed by atoms with Crippen LogP contribution in [0.25, 0.3) is 23.0 Å². The minimum absolute atomic E-state index is 0.0820. The van der Waals surface area contributed by atoms with E-state index in [0.29, 0.717) is 17.1 Å². The first-order valence-corrected chi connectivity index (χ1v) is 7.02. The molecule has 9 heteroatoms. The van der Waals surface area contributed by atoms with E-state index < -0.39 is 11.7 Å². The van der Waals surface area contributed by atoms with Crippen LogP contribution in [-0.2, 0) is 6.18 Å². The van der Waals surface area contributed by atoms with Gasteiger partial charge in [0.15, 0.2) is 11.5 Å². The molecule has 1 aromatic carbocycles. The molecular formula is C16H12F3N3O3. The van der Waals surface area contributed by atoms with Gasteiger partial charge in [-0.1, -0.05) is 5.16 Å². The third-order valence-corrected chi connectivity index (χ3v) is 3.38. The predicted octanol–water partition coefficient (Wildman–Crippen LogP) is 3.83. The number of methoxy groups -OCH3 is 2. The van der Waals surface area contributed by atoms with Crippen molar-refractivity contribution in [3.63, 3.8) is 0 Å². The summed E-state index contributed by atoms with van der Waals surface area (Å²) in [5.41, 5.74) is -0.105. The number of pyridine rings is 1. The Morgan fingerprint density at radius 3 is 2.36 bits per heavy atom. The van der Waals surface area contributed by atoms with Crippen molar-refractivity contribution in [2.45, 2.75) is 6.18 Å². The number of rotatable bonds is 4. The zero-order valence-electron chi connectivity index (χ0n) is 13.2. The molecule has 3 rings (SSSR count). The van der Waals surface area contributed by atoms with Gasteiger partial charge in [-0.2, -0.15) is 18.2 Å². The Balaban J connectivity index is 1.90. The van der Waals surface area contributed by atoms with Crippen LogP contribution in [0, 0.1) is 0 Å². The van der Waals surface area contributed by atoms with E-state index in [-0.39, 0.29) is 17.4 Å². The number of alkyl halides is 3. The SMILES string of the molecule is COc1ccc(-c2nc(-c3ccc(C(F)(F)F)cn3)no2)cc1OC. The van der Waals surface area contributed by atoms with Gasteiger partial charge in [0.25, 0.3) is 5.89 Å². The van der Waals surface area contributed by atoms with Crippen molar-refractivity contribution in [2.24, 2.45) is 0 Å². The maximum atomic E-state index is 12.6. The summed E-state index contributed by atoms with van der Waals surface area (Å²) in [7, 11) is 3.01. The number of halogens is 3. The lowest BCUT2D eigenvalue weighted by Gasteiger charge is -2.07. The molecule has 2 heterocycles. The fourth-order valence-corrected chi connectivity index (χ4v) is 2.11. The molecule has 2 aromatic heterocycles. The lowest BCUT2D eigenvalue weighted by atomic mass is 10.2. The highest BCUT2D eigenvalue weighted by Gasteiger charge is 2.30. The Bertz CT molecular complexity index is 876. The van der Waals surface area contributed by atoms with Crippen LogP contribution >= 0.6 is 0 Å². The van der Waals surface area contributed by atoms with Gasteiger partial charge in [0, 0.05) is 11.8 Å². The van der Waals surface area contributed by atoms with Crippen LogP contribution in [0.15, 0.2) is 41.1 Å². The maximum absolute atomic E-state index is 12.6. The number of nitrogens with zero attached hydrogens (tertiary/aromatic N) is 3. The quantitative estimate of drug-likeness (QED) is 0.711. The Hall–Kier alpha value is -3.10. The minimum Gasteiger partial charge on any atom is -0.493 e. The molecule has 0 spiro atoms. The summed E-state index contributed by atoms with van der Waals surface area (Å²) in [5.74, 6) is 1.28. The standard InChI is InChI=1S/C16H12F3N3O3/c1-23-12-6-3-9(7-13(12)24-2)15-21-14(22-25-15)11-5-4-10(8-20-11)16(17,18)19/h3-8H,1-2H3. The fourth-order valence-electron chi connectivity index (χ4n) is 2.11. The smallest absolute Gasteiger partial charge is 0.417 e. The first-order chi connectivity index (χ1) is 11.9. The average molecular weight is 351 g/mol. The van der Waals surface area contributed by atoms with Gasteiger partial charge in [0.2, 0.25) is 5.82 Å². The van der Waals surface area contributed by atoms with Gasteiger partial charge >= 0.3 is 6.18 Å². The molecule has 0 atom stereocenters. The second-order valence-corrected chi connectivity index (χ2v) is 4.92. The number of aromatic nitrogens is 3. The van der Waals surface area contributed by atoms with E-state index in [2.05, 4.69) is 15.1 Å². The lowest BCUT2D eigenvalue weighted by Crippen LogP contribution is -2.05. The van der Waals surface area contributed by atoms with E-state index in [1.807, 2.05) is 0 Å². The molecule has 130 valence electrons. The number of hydrogen-bond donors (Lipinski definition) is 0. The van der Waals surface area contributed by atoms with Gasteiger partial charge in [0.1, 0.15) is 5.69 Å². The van der Waals surface area contributed by atoms with Crippen molar-refractivity contribution in [3.8, 4) is 34.5 Å². The fraction of sp³-hybridized carbons (Fsp3) is 0.188. The lowest BCUT2D eigenvalue weighted by molar-refractivity contribution is -0.137.